The number of carbonyl (C=O) groups excluding carboxylic acids is 1. The minimum atomic E-state index is -0.367. The van der Waals surface area contributed by atoms with Gasteiger partial charge in [0.15, 0.2) is 0 Å². The number of carbonyl (C=O) groups is 1. The number of hydrogen-bond donors (Lipinski definition) is 2. The highest BCUT2D eigenvalue weighted by atomic mass is 16.5. The molecule has 0 spiro atoms. The molecule has 3 rings (SSSR count). The topological polar surface area (TPSA) is 59.6 Å². The number of benzene rings is 2. The maximum Gasteiger partial charge on any atom is 0.246 e. The Morgan fingerprint density at radius 2 is 2.00 bits per heavy atom. The number of hydrogen-bond acceptors (Lipinski definition) is 4. The number of ether oxygens (including phenoxy) is 2. The van der Waals surface area contributed by atoms with Gasteiger partial charge in [0.05, 0.1) is 6.10 Å². The molecule has 132 valence electrons. The number of rotatable bonds is 7. The molecule has 0 radical (unpaired) electrons. The molecule has 25 heavy (non-hydrogen) atoms. The van der Waals surface area contributed by atoms with Crippen LogP contribution in [0.4, 0.5) is 11.4 Å². The summed E-state index contributed by atoms with van der Waals surface area (Å²) < 4.78 is 11.4. The van der Waals surface area contributed by atoms with Crippen LogP contribution in [0.3, 0.4) is 0 Å². The van der Waals surface area contributed by atoms with Gasteiger partial charge in [-0.2, -0.15) is 0 Å². The van der Waals surface area contributed by atoms with Crippen LogP contribution in [0.5, 0.6) is 5.75 Å². The fraction of sp³-hybridized carbons (Fsp3) is 0.350. The van der Waals surface area contributed by atoms with E-state index in [1.54, 1.807) is 0 Å². The third-order valence-corrected chi connectivity index (χ3v) is 4.11. The summed E-state index contributed by atoms with van der Waals surface area (Å²) in [7, 11) is 0. The van der Waals surface area contributed by atoms with Gasteiger partial charge in [0.25, 0.3) is 0 Å². The van der Waals surface area contributed by atoms with Crippen LogP contribution in [0.2, 0.25) is 0 Å². The van der Waals surface area contributed by atoms with E-state index in [0.29, 0.717) is 6.61 Å². The molecule has 2 aromatic rings. The van der Waals surface area contributed by atoms with Crippen molar-refractivity contribution in [1.82, 2.24) is 0 Å². The first kappa shape index (κ1) is 17.3. The largest absolute Gasteiger partial charge is 0.491 e. The van der Waals surface area contributed by atoms with Crippen molar-refractivity contribution in [2.45, 2.75) is 31.9 Å². The lowest BCUT2D eigenvalue weighted by molar-refractivity contribution is -0.116. The Morgan fingerprint density at radius 1 is 1.20 bits per heavy atom. The lowest BCUT2D eigenvalue weighted by Gasteiger charge is -2.17. The maximum atomic E-state index is 12.3. The summed E-state index contributed by atoms with van der Waals surface area (Å²) in [6.45, 7) is 3.22. The summed E-state index contributed by atoms with van der Waals surface area (Å²) in [5.41, 5.74) is 1.63. The zero-order valence-corrected chi connectivity index (χ0v) is 14.4. The minimum Gasteiger partial charge on any atom is -0.491 e. The summed E-state index contributed by atoms with van der Waals surface area (Å²) in [6, 6.07) is 16.7. The summed E-state index contributed by atoms with van der Waals surface area (Å²) in [5, 5.41) is 6.10. The predicted molar refractivity (Wildman–Crippen MR) is 99.1 cm³/mol. The van der Waals surface area contributed by atoms with Crippen LogP contribution in [-0.2, 0) is 9.53 Å². The van der Waals surface area contributed by atoms with Crippen molar-refractivity contribution in [2.75, 3.05) is 23.8 Å². The van der Waals surface area contributed by atoms with Gasteiger partial charge in [0.1, 0.15) is 18.4 Å². The van der Waals surface area contributed by atoms with Crippen LogP contribution in [0.15, 0.2) is 54.6 Å². The summed E-state index contributed by atoms with van der Waals surface area (Å²) in [4.78, 5) is 12.3. The first-order valence-corrected chi connectivity index (χ1v) is 8.67. The minimum absolute atomic E-state index is 0.0862. The molecule has 1 aliphatic heterocycles. The van der Waals surface area contributed by atoms with Crippen LogP contribution in [0.25, 0.3) is 0 Å². The van der Waals surface area contributed by atoms with Crippen LogP contribution >= 0.6 is 0 Å². The third-order valence-electron chi connectivity index (χ3n) is 4.11. The van der Waals surface area contributed by atoms with Crippen LogP contribution in [0.1, 0.15) is 19.8 Å². The highest BCUT2D eigenvalue weighted by Crippen LogP contribution is 2.20. The molecule has 2 aromatic carbocycles. The van der Waals surface area contributed by atoms with Crippen molar-refractivity contribution in [3.05, 3.63) is 54.6 Å². The molecule has 1 aliphatic rings. The molecule has 1 fully saturated rings. The van der Waals surface area contributed by atoms with Gasteiger partial charge in [-0.1, -0.05) is 24.3 Å². The molecule has 0 aromatic heterocycles. The Balaban J connectivity index is 1.52. The first-order chi connectivity index (χ1) is 12.2. The molecule has 5 nitrogen and oxygen atoms in total. The zero-order chi connectivity index (χ0) is 17.5. The molecule has 2 N–H and O–H groups in total. The standard InChI is InChI=1S/C20H24N2O3/c1-15(20(23)22-16-7-3-2-4-8-16)21-17-9-5-10-18(13-17)25-14-19-11-6-12-24-19/h2-5,7-10,13,15,19,21H,6,11-12,14H2,1H3,(H,22,23)/t15-,19+/m1/s1. The van der Waals surface area contributed by atoms with Crippen molar-refractivity contribution in [3.8, 4) is 5.75 Å². The third kappa shape index (κ3) is 5.22. The van der Waals surface area contributed by atoms with Crippen molar-refractivity contribution < 1.29 is 14.3 Å². The predicted octanol–water partition coefficient (Wildman–Crippen LogP) is 3.68. The average molecular weight is 340 g/mol. The smallest absolute Gasteiger partial charge is 0.246 e. The number of nitrogens with one attached hydrogen (secondary N) is 2. The molecule has 1 saturated heterocycles. The van der Waals surface area contributed by atoms with Crippen molar-refractivity contribution in [3.63, 3.8) is 0 Å². The van der Waals surface area contributed by atoms with Gasteiger partial charge >= 0.3 is 0 Å². The van der Waals surface area contributed by atoms with Crippen molar-refractivity contribution in [1.29, 1.82) is 0 Å². The highest BCUT2D eigenvalue weighted by molar-refractivity contribution is 5.96. The van der Waals surface area contributed by atoms with E-state index in [2.05, 4.69) is 10.6 Å². The van der Waals surface area contributed by atoms with Gasteiger partial charge in [0, 0.05) is 24.0 Å². The quantitative estimate of drug-likeness (QED) is 0.807. The Hall–Kier alpha value is -2.53. The Morgan fingerprint density at radius 3 is 2.76 bits per heavy atom. The van der Waals surface area contributed by atoms with Crippen LogP contribution in [0, 0.1) is 0 Å². The first-order valence-electron chi connectivity index (χ1n) is 8.67. The second-order valence-corrected chi connectivity index (χ2v) is 6.20. The Bertz CT molecular complexity index is 684. The van der Waals surface area contributed by atoms with E-state index < -0.39 is 0 Å². The van der Waals surface area contributed by atoms with Crippen molar-refractivity contribution >= 4 is 17.3 Å². The van der Waals surface area contributed by atoms with Gasteiger partial charge in [-0.25, -0.2) is 0 Å². The fourth-order valence-corrected chi connectivity index (χ4v) is 2.73. The average Bonchev–Trinajstić information content (AvgIpc) is 3.15. The number of anilines is 2. The fourth-order valence-electron chi connectivity index (χ4n) is 2.73. The molecule has 0 saturated carbocycles. The lowest BCUT2D eigenvalue weighted by Crippen LogP contribution is -2.31. The number of para-hydroxylation sites is 1. The van der Waals surface area contributed by atoms with Gasteiger partial charge in [0.2, 0.25) is 5.91 Å². The molecule has 0 unspecified atom stereocenters. The SMILES string of the molecule is C[C@@H](Nc1cccc(OC[C@@H]2CCCO2)c1)C(=O)Nc1ccccc1. The number of amides is 1. The summed E-state index contributed by atoms with van der Waals surface area (Å²) in [5.74, 6) is 0.688. The van der Waals surface area contributed by atoms with Gasteiger partial charge in [-0.05, 0) is 44.0 Å². The van der Waals surface area contributed by atoms with E-state index in [-0.39, 0.29) is 18.1 Å². The molecule has 2 atom stereocenters. The molecule has 1 heterocycles. The van der Waals surface area contributed by atoms with E-state index in [0.717, 1.165) is 36.6 Å². The maximum absolute atomic E-state index is 12.3. The second-order valence-electron chi connectivity index (χ2n) is 6.20. The van der Waals surface area contributed by atoms with Gasteiger partial charge < -0.3 is 20.1 Å². The molecule has 1 amide bonds. The van der Waals surface area contributed by atoms with Crippen molar-refractivity contribution in [2.24, 2.45) is 0 Å². The summed E-state index contributed by atoms with van der Waals surface area (Å²) >= 11 is 0. The lowest BCUT2D eigenvalue weighted by atomic mass is 10.2. The van der Waals surface area contributed by atoms with Crippen LogP contribution in [-0.4, -0.2) is 31.3 Å². The van der Waals surface area contributed by atoms with Crippen LogP contribution < -0.4 is 15.4 Å². The van der Waals surface area contributed by atoms with E-state index in [1.165, 1.54) is 0 Å². The molecule has 0 bridgehead atoms. The van der Waals surface area contributed by atoms with Gasteiger partial charge in [-0.3, -0.25) is 4.79 Å². The Labute approximate surface area is 148 Å². The van der Waals surface area contributed by atoms with E-state index in [9.17, 15) is 4.79 Å². The van der Waals surface area contributed by atoms with E-state index >= 15 is 0 Å². The second kappa shape index (κ2) is 8.53. The molecule has 0 aliphatic carbocycles. The monoisotopic (exact) mass is 340 g/mol. The van der Waals surface area contributed by atoms with E-state index in [1.807, 2.05) is 61.5 Å². The summed E-state index contributed by atoms with van der Waals surface area (Å²) in [6.07, 6.45) is 2.34. The van der Waals surface area contributed by atoms with E-state index in [4.69, 9.17) is 9.47 Å². The normalized spacial score (nSPS) is 17.7. The molecule has 5 heteroatoms. The molecular weight excluding hydrogens is 316 g/mol. The molecular formula is C20H24N2O3. The highest BCUT2D eigenvalue weighted by Gasteiger charge is 2.16. The Kier molecular flexibility index (Phi) is 5.90. The zero-order valence-electron chi connectivity index (χ0n) is 14.4. The van der Waals surface area contributed by atoms with Gasteiger partial charge in [-0.15, -0.1) is 0 Å².